The summed E-state index contributed by atoms with van der Waals surface area (Å²) in [7, 11) is 6.15. The molecule has 2 aliphatic heterocycles. The number of amides is 3. The van der Waals surface area contributed by atoms with E-state index >= 15 is 0 Å². The maximum absolute atomic E-state index is 13.5. The fourth-order valence-electron chi connectivity index (χ4n) is 5.46. The van der Waals surface area contributed by atoms with E-state index in [-0.39, 0.29) is 17.9 Å². The zero-order valence-corrected chi connectivity index (χ0v) is 19.9. The molecule has 1 aliphatic carbocycles. The number of carbonyl (C=O) groups is 2. The first-order valence-corrected chi connectivity index (χ1v) is 12.1. The van der Waals surface area contributed by atoms with Crippen LogP contribution >= 0.6 is 0 Å². The Morgan fingerprint density at radius 3 is 2.58 bits per heavy atom. The molecule has 0 aromatic heterocycles. The molecule has 0 bridgehead atoms. The van der Waals surface area contributed by atoms with Crippen LogP contribution in [-0.2, 0) is 14.3 Å². The smallest absolute Gasteiger partial charge is 0.324 e. The van der Waals surface area contributed by atoms with E-state index in [1.807, 2.05) is 14.1 Å². The summed E-state index contributed by atoms with van der Waals surface area (Å²) in [6.45, 7) is 6.10. The van der Waals surface area contributed by atoms with E-state index in [0.29, 0.717) is 44.8 Å². The van der Waals surface area contributed by atoms with E-state index in [9.17, 15) is 9.59 Å². The molecule has 3 amide bonds. The van der Waals surface area contributed by atoms with Crippen LogP contribution in [-0.4, -0.2) is 99.0 Å². The van der Waals surface area contributed by atoms with Crippen molar-refractivity contribution in [3.05, 3.63) is 0 Å². The number of unbranched alkanes of at least 4 members (excludes halogenated alkanes) is 1. The standard InChI is InChI=1S/C23H42N4O4/c1-5-6-12-27(22(29)24-10-7-11-25(2)3)21(28)19-15-18-16-23(30-13-14-31-23)9-8-20(18)26(4)17-19/h18-20H,5-17H2,1-4H3,(H,24,29)/t18-,19-,20-/m1/s1. The predicted molar refractivity (Wildman–Crippen MR) is 120 cm³/mol. The van der Waals surface area contributed by atoms with Crippen LogP contribution in [0.4, 0.5) is 4.79 Å². The zero-order chi connectivity index (χ0) is 22.4. The van der Waals surface area contributed by atoms with Gasteiger partial charge in [-0.15, -0.1) is 0 Å². The molecule has 8 heteroatoms. The minimum absolute atomic E-state index is 0.0308. The molecule has 0 aromatic rings. The van der Waals surface area contributed by atoms with Gasteiger partial charge in [0.05, 0.1) is 19.1 Å². The maximum atomic E-state index is 13.5. The van der Waals surface area contributed by atoms with Gasteiger partial charge in [0.2, 0.25) is 5.91 Å². The highest BCUT2D eigenvalue weighted by Crippen LogP contribution is 2.45. The van der Waals surface area contributed by atoms with Gasteiger partial charge in [-0.05, 0) is 59.3 Å². The summed E-state index contributed by atoms with van der Waals surface area (Å²) < 4.78 is 11.9. The van der Waals surface area contributed by atoms with Gasteiger partial charge < -0.3 is 24.6 Å². The number of ether oxygens (including phenoxy) is 2. The van der Waals surface area contributed by atoms with Crippen molar-refractivity contribution in [1.82, 2.24) is 20.0 Å². The highest BCUT2D eigenvalue weighted by atomic mass is 16.7. The number of nitrogens with one attached hydrogen (secondary N) is 1. The van der Waals surface area contributed by atoms with Crippen LogP contribution in [0.5, 0.6) is 0 Å². The van der Waals surface area contributed by atoms with Crippen molar-refractivity contribution in [2.45, 2.75) is 63.7 Å². The number of nitrogens with zero attached hydrogens (tertiary/aromatic N) is 3. The van der Waals surface area contributed by atoms with E-state index in [1.165, 1.54) is 4.90 Å². The Labute approximate surface area is 187 Å². The minimum Gasteiger partial charge on any atom is -0.348 e. The molecule has 31 heavy (non-hydrogen) atoms. The molecule has 3 fully saturated rings. The second-order valence-corrected chi connectivity index (χ2v) is 9.78. The molecule has 2 saturated heterocycles. The fourth-order valence-corrected chi connectivity index (χ4v) is 5.46. The number of imide groups is 1. The second kappa shape index (κ2) is 11.1. The molecule has 0 radical (unpaired) electrons. The SMILES string of the molecule is CCCCN(C(=O)NCCCN(C)C)C(=O)[C@@H]1C[C@@H]2CC3(CC[C@H]2N(C)C1)OCCO3. The van der Waals surface area contributed by atoms with Crippen LogP contribution in [0.3, 0.4) is 0 Å². The quantitative estimate of drug-likeness (QED) is 0.586. The molecule has 3 rings (SSSR count). The lowest BCUT2D eigenvalue weighted by molar-refractivity contribution is -0.202. The summed E-state index contributed by atoms with van der Waals surface area (Å²) in [4.78, 5) is 32.2. The summed E-state index contributed by atoms with van der Waals surface area (Å²) in [5, 5.41) is 2.96. The van der Waals surface area contributed by atoms with E-state index in [4.69, 9.17) is 9.47 Å². The van der Waals surface area contributed by atoms with Crippen molar-refractivity contribution >= 4 is 11.9 Å². The third-order valence-corrected chi connectivity index (χ3v) is 7.07. The first-order chi connectivity index (χ1) is 14.8. The number of hydrogen-bond donors (Lipinski definition) is 1. The Kier molecular flexibility index (Phi) is 8.73. The van der Waals surface area contributed by atoms with Crippen LogP contribution < -0.4 is 5.32 Å². The summed E-state index contributed by atoms with van der Waals surface area (Å²) in [6, 6.07) is 0.219. The van der Waals surface area contributed by atoms with Crippen LogP contribution in [0.1, 0.15) is 51.9 Å². The minimum atomic E-state index is -0.446. The molecule has 1 spiro atoms. The largest absolute Gasteiger partial charge is 0.348 e. The topological polar surface area (TPSA) is 74.4 Å². The Balaban J connectivity index is 1.62. The summed E-state index contributed by atoms with van der Waals surface area (Å²) in [5.74, 6) is -0.279. The molecule has 1 saturated carbocycles. The van der Waals surface area contributed by atoms with Crippen LogP contribution in [0.2, 0.25) is 0 Å². The lowest BCUT2D eigenvalue weighted by Gasteiger charge is -2.49. The van der Waals surface area contributed by atoms with Crippen molar-refractivity contribution in [2.75, 3.05) is 60.5 Å². The monoisotopic (exact) mass is 438 g/mol. The number of fused-ring (bicyclic) bond motifs is 1. The zero-order valence-electron chi connectivity index (χ0n) is 19.9. The number of carbonyl (C=O) groups excluding carboxylic acids is 2. The molecular formula is C23H42N4O4. The first-order valence-electron chi connectivity index (χ1n) is 12.1. The Morgan fingerprint density at radius 2 is 1.90 bits per heavy atom. The van der Waals surface area contributed by atoms with Gasteiger partial charge in [0.1, 0.15) is 0 Å². The van der Waals surface area contributed by atoms with Gasteiger partial charge in [0.15, 0.2) is 5.79 Å². The van der Waals surface area contributed by atoms with E-state index in [2.05, 4.69) is 29.1 Å². The number of rotatable bonds is 8. The van der Waals surface area contributed by atoms with Gasteiger partial charge in [-0.1, -0.05) is 13.3 Å². The Hall–Kier alpha value is -1.22. The van der Waals surface area contributed by atoms with E-state index < -0.39 is 5.79 Å². The average molecular weight is 439 g/mol. The van der Waals surface area contributed by atoms with Crippen molar-refractivity contribution in [3.8, 4) is 0 Å². The summed E-state index contributed by atoms with van der Waals surface area (Å²) in [6.07, 6.45) is 6.26. The maximum Gasteiger partial charge on any atom is 0.324 e. The average Bonchev–Trinajstić information content (AvgIpc) is 3.18. The number of piperidine rings is 1. The second-order valence-electron chi connectivity index (χ2n) is 9.78. The van der Waals surface area contributed by atoms with Crippen LogP contribution in [0, 0.1) is 11.8 Å². The number of likely N-dealkylation sites (tertiary alicyclic amines) is 1. The van der Waals surface area contributed by atoms with Gasteiger partial charge >= 0.3 is 6.03 Å². The number of urea groups is 1. The summed E-state index contributed by atoms with van der Waals surface area (Å²) >= 11 is 0. The van der Waals surface area contributed by atoms with Crippen LogP contribution in [0.15, 0.2) is 0 Å². The molecule has 3 atom stereocenters. The molecule has 178 valence electrons. The third-order valence-electron chi connectivity index (χ3n) is 7.07. The Bertz CT molecular complexity index is 608. The molecular weight excluding hydrogens is 396 g/mol. The van der Waals surface area contributed by atoms with Crippen LogP contribution in [0.25, 0.3) is 0 Å². The lowest BCUT2D eigenvalue weighted by atomic mass is 9.72. The summed E-state index contributed by atoms with van der Waals surface area (Å²) in [5.41, 5.74) is 0. The molecule has 0 aromatic carbocycles. The molecule has 3 aliphatic rings. The van der Waals surface area contributed by atoms with Crippen molar-refractivity contribution in [1.29, 1.82) is 0 Å². The Morgan fingerprint density at radius 1 is 1.16 bits per heavy atom. The highest BCUT2D eigenvalue weighted by Gasteiger charge is 2.49. The van der Waals surface area contributed by atoms with Gasteiger partial charge in [0, 0.05) is 38.5 Å². The van der Waals surface area contributed by atoms with Gasteiger partial charge in [0.25, 0.3) is 0 Å². The fraction of sp³-hybridized carbons (Fsp3) is 0.913. The first kappa shape index (κ1) is 24.4. The number of hydrogen-bond acceptors (Lipinski definition) is 6. The molecule has 0 unspecified atom stereocenters. The molecule has 1 N–H and O–H groups in total. The van der Waals surface area contributed by atoms with Crippen molar-refractivity contribution < 1.29 is 19.1 Å². The highest BCUT2D eigenvalue weighted by molar-refractivity contribution is 5.95. The van der Waals surface area contributed by atoms with Gasteiger partial charge in [-0.25, -0.2) is 4.79 Å². The van der Waals surface area contributed by atoms with E-state index in [1.54, 1.807) is 0 Å². The predicted octanol–water partition coefficient (Wildman–Crippen LogP) is 2.14. The molecule has 8 nitrogen and oxygen atoms in total. The third kappa shape index (κ3) is 6.18. The van der Waals surface area contributed by atoms with Crippen molar-refractivity contribution in [2.24, 2.45) is 11.8 Å². The van der Waals surface area contributed by atoms with E-state index in [0.717, 1.165) is 51.5 Å². The van der Waals surface area contributed by atoms with Gasteiger partial charge in [-0.2, -0.15) is 0 Å². The van der Waals surface area contributed by atoms with Crippen molar-refractivity contribution in [3.63, 3.8) is 0 Å². The molecule has 2 heterocycles. The normalized spacial score (nSPS) is 28.0. The van der Waals surface area contributed by atoms with Gasteiger partial charge in [-0.3, -0.25) is 9.69 Å². The lowest BCUT2D eigenvalue weighted by Crippen LogP contribution is -2.57.